The molecule has 0 spiro atoms. The van der Waals surface area contributed by atoms with Gasteiger partial charge in [-0.05, 0) is 88.1 Å². The van der Waals surface area contributed by atoms with Crippen LogP contribution >= 0.6 is 0 Å². The summed E-state index contributed by atoms with van der Waals surface area (Å²) in [7, 11) is 0. The van der Waals surface area contributed by atoms with Crippen molar-refractivity contribution >= 4 is 24.3 Å². The fraction of sp³-hybridized carbons (Fsp3) is 0.333. The van der Waals surface area contributed by atoms with E-state index in [0.29, 0.717) is 11.1 Å². The van der Waals surface area contributed by atoms with Gasteiger partial charge >= 0.3 is 24.3 Å². The molecule has 0 unspecified atom stereocenters. The third-order valence-electron chi connectivity index (χ3n) is 6.26. The summed E-state index contributed by atoms with van der Waals surface area (Å²) >= 11 is 0. The summed E-state index contributed by atoms with van der Waals surface area (Å²) in [5.74, 6) is -1.50. The van der Waals surface area contributed by atoms with Gasteiger partial charge in [-0.3, -0.25) is 0 Å². The molecule has 3 heterocycles. The van der Waals surface area contributed by atoms with Crippen molar-refractivity contribution in [2.75, 3.05) is 13.2 Å². The number of aromatic nitrogens is 6. The average molecular weight is 709 g/mol. The van der Waals surface area contributed by atoms with E-state index in [1.165, 1.54) is 42.4 Å². The molecule has 0 amide bonds. The highest BCUT2D eigenvalue weighted by Crippen LogP contribution is 2.33. The number of benzene rings is 2. The summed E-state index contributed by atoms with van der Waals surface area (Å²) in [5.41, 5.74) is -0.201. The molecule has 1 N–H and O–H groups in total. The Bertz CT molecular complexity index is 1800. The van der Waals surface area contributed by atoms with Crippen molar-refractivity contribution in [2.24, 2.45) is 0 Å². The first kappa shape index (κ1) is 39.1. The van der Waals surface area contributed by atoms with Crippen molar-refractivity contribution in [1.29, 1.82) is 0 Å². The van der Waals surface area contributed by atoms with Crippen molar-refractivity contribution < 1.29 is 50.5 Å². The van der Waals surface area contributed by atoms with Crippen LogP contribution in [0.3, 0.4) is 0 Å². The molecule has 1 fully saturated rings. The molecule has 0 bridgehead atoms. The standard InChI is InChI=1S/C16H16F3N3O2.C13H10F3N3O2.C4H8O/c1-10(2)24-14(23)4-5-22-9-20-15(21-22)12-6-11(3)7-13(8-12)16(17,18)19;1-8-4-9(6-10(5-8)13(14,15)16)12-17-7-19(18-12)3-2-11(20)21;1-2-4-5-3-1/h4-10H,1-3H3;2-7H,1H3,(H,20,21);1-4H2/b5-4-;3-2-;. The summed E-state index contributed by atoms with van der Waals surface area (Å²) in [6.07, 6.45) is 0.388. The zero-order valence-electron chi connectivity index (χ0n) is 27.4. The molecule has 0 radical (unpaired) electrons. The second-order valence-electron chi connectivity index (χ2n) is 11.0. The Hall–Kier alpha value is -5.32. The Labute approximate surface area is 282 Å². The first-order valence-corrected chi connectivity index (χ1v) is 15.0. The quantitative estimate of drug-likeness (QED) is 0.119. The Morgan fingerprint density at radius 2 is 1.22 bits per heavy atom. The number of esters is 1. The molecule has 50 heavy (non-hydrogen) atoms. The van der Waals surface area contributed by atoms with Crippen molar-refractivity contribution in [2.45, 2.75) is 59.0 Å². The molecule has 268 valence electrons. The maximum atomic E-state index is 12.9. The number of carbonyl (C=O) groups excluding carboxylic acids is 1. The lowest BCUT2D eigenvalue weighted by Crippen LogP contribution is -2.08. The van der Waals surface area contributed by atoms with Crippen molar-refractivity contribution in [3.8, 4) is 22.8 Å². The van der Waals surface area contributed by atoms with Crippen LogP contribution in [-0.4, -0.2) is 65.9 Å². The van der Waals surface area contributed by atoms with Gasteiger partial charge < -0.3 is 14.6 Å². The number of aryl methyl sites for hydroxylation is 2. The molecule has 2 aromatic heterocycles. The van der Waals surface area contributed by atoms with Gasteiger partial charge in [0.25, 0.3) is 0 Å². The van der Waals surface area contributed by atoms with Crippen LogP contribution in [0.4, 0.5) is 26.3 Å². The summed E-state index contributed by atoms with van der Waals surface area (Å²) in [6, 6.07) is 7.12. The smallest absolute Gasteiger partial charge is 0.416 e. The normalized spacial score (nSPS) is 13.3. The lowest BCUT2D eigenvalue weighted by molar-refractivity contribution is -0.141. The van der Waals surface area contributed by atoms with Gasteiger partial charge in [-0.2, -0.15) is 26.3 Å². The zero-order chi connectivity index (χ0) is 37.1. The lowest BCUT2D eigenvalue weighted by atomic mass is 10.1. The fourth-order valence-electron chi connectivity index (χ4n) is 4.17. The number of hydrogen-bond donors (Lipinski definition) is 1. The first-order valence-electron chi connectivity index (χ1n) is 15.0. The van der Waals surface area contributed by atoms with E-state index in [4.69, 9.17) is 14.6 Å². The summed E-state index contributed by atoms with van der Waals surface area (Å²) < 4.78 is 89.1. The Morgan fingerprint density at radius 1 is 0.780 bits per heavy atom. The summed E-state index contributed by atoms with van der Waals surface area (Å²) in [6.45, 7) is 8.54. The summed E-state index contributed by atoms with van der Waals surface area (Å²) in [4.78, 5) is 29.6. The minimum absolute atomic E-state index is 0.0826. The highest BCUT2D eigenvalue weighted by molar-refractivity contribution is 5.85. The van der Waals surface area contributed by atoms with Crippen molar-refractivity contribution in [3.05, 3.63) is 83.5 Å². The molecule has 1 aliphatic heterocycles. The van der Waals surface area contributed by atoms with Crippen LogP contribution in [-0.2, 0) is 31.4 Å². The highest BCUT2D eigenvalue weighted by atomic mass is 19.4. The van der Waals surface area contributed by atoms with Crippen LogP contribution in [0.25, 0.3) is 35.2 Å². The van der Waals surface area contributed by atoms with Crippen LogP contribution in [0.5, 0.6) is 0 Å². The number of nitrogens with zero attached hydrogens (tertiary/aromatic N) is 6. The Morgan fingerprint density at radius 3 is 1.58 bits per heavy atom. The molecular weight excluding hydrogens is 674 g/mol. The predicted molar refractivity (Wildman–Crippen MR) is 170 cm³/mol. The molecule has 1 saturated heterocycles. The molecule has 1 aliphatic rings. The minimum atomic E-state index is -4.45. The van der Waals surface area contributed by atoms with Crippen LogP contribution < -0.4 is 0 Å². The molecule has 11 nitrogen and oxygen atoms in total. The summed E-state index contributed by atoms with van der Waals surface area (Å²) in [5, 5.41) is 16.4. The highest BCUT2D eigenvalue weighted by Gasteiger charge is 2.32. The minimum Gasteiger partial charge on any atom is -0.478 e. The number of carboxylic acid groups (broad SMARTS) is 1. The van der Waals surface area contributed by atoms with Gasteiger partial charge in [-0.1, -0.05) is 0 Å². The Kier molecular flexibility index (Phi) is 13.6. The van der Waals surface area contributed by atoms with E-state index in [2.05, 4.69) is 20.2 Å². The van der Waals surface area contributed by atoms with E-state index < -0.39 is 35.4 Å². The van der Waals surface area contributed by atoms with Gasteiger partial charge in [0, 0.05) is 48.9 Å². The van der Waals surface area contributed by atoms with E-state index in [9.17, 15) is 35.9 Å². The number of halogens is 6. The van der Waals surface area contributed by atoms with Crippen LogP contribution in [0.15, 0.2) is 61.2 Å². The molecule has 0 saturated carbocycles. The molecule has 2 aromatic carbocycles. The number of aliphatic carboxylic acids is 1. The van der Waals surface area contributed by atoms with Gasteiger partial charge in [0.05, 0.1) is 17.2 Å². The monoisotopic (exact) mass is 708 g/mol. The van der Waals surface area contributed by atoms with Gasteiger partial charge in [0.2, 0.25) is 0 Å². The van der Waals surface area contributed by atoms with Gasteiger partial charge in [0.1, 0.15) is 12.7 Å². The van der Waals surface area contributed by atoms with Crippen LogP contribution in [0.1, 0.15) is 48.9 Å². The second kappa shape index (κ2) is 17.4. The average Bonchev–Trinajstić information content (AvgIpc) is 3.82. The maximum absolute atomic E-state index is 12.9. The predicted octanol–water partition coefficient (Wildman–Crippen LogP) is 7.32. The van der Waals surface area contributed by atoms with Gasteiger partial charge in [-0.25, -0.2) is 28.9 Å². The third-order valence-corrected chi connectivity index (χ3v) is 6.26. The fourth-order valence-corrected chi connectivity index (χ4v) is 4.17. The topological polar surface area (TPSA) is 134 Å². The van der Waals surface area contributed by atoms with E-state index in [1.807, 2.05) is 0 Å². The number of carbonyl (C=O) groups is 2. The largest absolute Gasteiger partial charge is 0.478 e. The van der Waals surface area contributed by atoms with E-state index >= 15 is 0 Å². The molecule has 4 aromatic rings. The van der Waals surface area contributed by atoms with E-state index in [-0.39, 0.29) is 28.9 Å². The second-order valence-corrected chi connectivity index (χ2v) is 11.0. The van der Waals surface area contributed by atoms with E-state index in [0.717, 1.165) is 60.5 Å². The SMILES string of the molecule is C1CCOC1.Cc1cc(-c2ncn(/C=C\C(=O)O)n2)cc(C(F)(F)F)c1.Cc1cc(-c2ncn(/C=C\C(=O)OC(C)C)n2)cc(C(F)(F)F)c1. The number of ether oxygens (including phenoxy) is 2. The molecular formula is C33H34F6N6O5. The maximum Gasteiger partial charge on any atom is 0.416 e. The number of rotatable bonds is 7. The van der Waals surface area contributed by atoms with Crippen LogP contribution in [0, 0.1) is 13.8 Å². The van der Waals surface area contributed by atoms with E-state index in [1.54, 1.807) is 33.8 Å². The molecule has 5 rings (SSSR count). The van der Waals surface area contributed by atoms with Gasteiger partial charge in [0.15, 0.2) is 11.6 Å². The lowest BCUT2D eigenvalue weighted by Gasteiger charge is -2.09. The Balaban J connectivity index is 0.000000238. The molecule has 17 heteroatoms. The zero-order valence-corrected chi connectivity index (χ0v) is 27.4. The number of alkyl halides is 6. The molecule has 0 atom stereocenters. The number of hydrogen-bond acceptors (Lipinski definition) is 8. The van der Waals surface area contributed by atoms with Crippen LogP contribution in [0.2, 0.25) is 0 Å². The van der Waals surface area contributed by atoms with Gasteiger partial charge in [-0.15, -0.1) is 10.2 Å². The van der Waals surface area contributed by atoms with Crippen molar-refractivity contribution in [3.63, 3.8) is 0 Å². The van der Waals surface area contributed by atoms with Crippen molar-refractivity contribution in [1.82, 2.24) is 29.5 Å². The molecule has 0 aliphatic carbocycles. The first-order chi connectivity index (χ1) is 23.4. The number of carboxylic acids is 1. The third kappa shape index (κ3) is 12.9.